The van der Waals surface area contributed by atoms with Gasteiger partial charge in [0.05, 0.1) is 6.54 Å². The molecular weight excluding hydrogens is 434 g/mol. The van der Waals surface area contributed by atoms with Crippen LogP contribution in [0.1, 0.15) is 32.3 Å². The van der Waals surface area contributed by atoms with Gasteiger partial charge in [-0.2, -0.15) is 13.2 Å². The van der Waals surface area contributed by atoms with Crippen LogP contribution in [0.15, 0.2) is 29.3 Å². The van der Waals surface area contributed by atoms with Crippen LogP contribution in [0.2, 0.25) is 0 Å². The molecule has 138 valence electrons. The van der Waals surface area contributed by atoms with E-state index < -0.39 is 12.8 Å². The number of para-hydroxylation sites is 1. The van der Waals surface area contributed by atoms with E-state index in [4.69, 9.17) is 4.74 Å². The van der Waals surface area contributed by atoms with Crippen LogP contribution in [0.5, 0.6) is 5.75 Å². The van der Waals surface area contributed by atoms with E-state index in [1.807, 2.05) is 6.92 Å². The van der Waals surface area contributed by atoms with Gasteiger partial charge in [0.15, 0.2) is 12.6 Å². The molecule has 2 N–H and O–H groups in total. The number of guanidine groups is 1. The Kier molecular flexibility index (Phi) is 11.6. The first-order valence-electron chi connectivity index (χ1n) is 7.76. The van der Waals surface area contributed by atoms with Crippen molar-refractivity contribution in [2.75, 3.05) is 19.7 Å². The highest BCUT2D eigenvalue weighted by atomic mass is 127. The van der Waals surface area contributed by atoms with E-state index in [0.717, 1.165) is 19.4 Å². The molecule has 0 aliphatic carbocycles. The average molecular weight is 459 g/mol. The zero-order valence-electron chi connectivity index (χ0n) is 13.9. The monoisotopic (exact) mass is 459 g/mol. The third kappa shape index (κ3) is 9.84. The van der Waals surface area contributed by atoms with Crippen LogP contribution < -0.4 is 15.4 Å². The maximum absolute atomic E-state index is 12.3. The van der Waals surface area contributed by atoms with Crippen LogP contribution in [-0.4, -0.2) is 31.8 Å². The first-order chi connectivity index (χ1) is 11.0. The summed E-state index contributed by atoms with van der Waals surface area (Å²) in [6.45, 7) is 4.51. The highest BCUT2D eigenvalue weighted by molar-refractivity contribution is 14.0. The molecule has 0 aromatic heterocycles. The maximum Gasteiger partial charge on any atom is 0.422 e. The molecule has 0 saturated heterocycles. The maximum atomic E-state index is 12.3. The summed E-state index contributed by atoms with van der Waals surface area (Å²) in [7, 11) is 0. The van der Waals surface area contributed by atoms with Gasteiger partial charge in [-0.15, -0.1) is 24.0 Å². The molecule has 0 heterocycles. The number of hydrogen-bond donors (Lipinski definition) is 2. The van der Waals surface area contributed by atoms with Gasteiger partial charge in [0.25, 0.3) is 0 Å². The van der Waals surface area contributed by atoms with Crippen LogP contribution in [0.3, 0.4) is 0 Å². The van der Waals surface area contributed by atoms with Crippen molar-refractivity contribution in [3.63, 3.8) is 0 Å². The number of alkyl halides is 3. The van der Waals surface area contributed by atoms with Gasteiger partial charge in [-0.25, -0.2) is 4.99 Å². The molecule has 0 aliphatic heterocycles. The molecule has 0 spiro atoms. The summed E-state index contributed by atoms with van der Waals surface area (Å²) < 4.78 is 41.7. The summed E-state index contributed by atoms with van der Waals surface area (Å²) in [5, 5.41) is 6.29. The molecule has 0 bridgehead atoms. The van der Waals surface area contributed by atoms with E-state index in [2.05, 4.69) is 22.5 Å². The second kappa shape index (κ2) is 12.2. The van der Waals surface area contributed by atoms with Crippen molar-refractivity contribution in [2.45, 2.75) is 39.4 Å². The Hall–Kier alpha value is -1.19. The van der Waals surface area contributed by atoms with Crippen LogP contribution >= 0.6 is 24.0 Å². The first kappa shape index (κ1) is 22.8. The van der Waals surface area contributed by atoms with Crippen molar-refractivity contribution in [3.05, 3.63) is 29.8 Å². The number of aliphatic imine (C=N–C) groups is 1. The van der Waals surface area contributed by atoms with E-state index in [-0.39, 0.29) is 36.3 Å². The third-order valence-corrected chi connectivity index (χ3v) is 2.94. The van der Waals surface area contributed by atoms with Gasteiger partial charge < -0.3 is 15.4 Å². The van der Waals surface area contributed by atoms with Gasteiger partial charge in [-0.1, -0.05) is 31.5 Å². The Balaban J connectivity index is 0.00000529. The van der Waals surface area contributed by atoms with Crippen molar-refractivity contribution in [1.29, 1.82) is 0 Å². The zero-order chi connectivity index (χ0) is 17.1. The fourth-order valence-corrected chi connectivity index (χ4v) is 1.82. The predicted molar refractivity (Wildman–Crippen MR) is 101 cm³/mol. The number of ether oxygens (including phenoxy) is 1. The van der Waals surface area contributed by atoms with Gasteiger partial charge in [-0.05, 0) is 19.4 Å². The molecule has 0 aliphatic rings. The molecule has 0 fully saturated rings. The molecule has 1 aromatic rings. The average Bonchev–Trinajstić information content (AvgIpc) is 2.51. The quantitative estimate of drug-likeness (QED) is 0.266. The van der Waals surface area contributed by atoms with E-state index in [0.29, 0.717) is 18.1 Å². The molecule has 1 aromatic carbocycles. The molecule has 1 rings (SSSR count). The molecule has 8 heteroatoms. The SMILES string of the molecule is CCCCNC(=NCc1ccccc1OCC(F)(F)F)NCC.I. The molecule has 0 atom stereocenters. The van der Waals surface area contributed by atoms with Gasteiger partial charge in [0, 0.05) is 18.7 Å². The van der Waals surface area contributed by atoms with E-state index >= 15 is 0 Å². The fourth-order valence-electron chi connectivity index (χ4n) is 1.82. The molecule has 4 nitrogen and oxygen atoms in total. The second-order valence-corrected chi connectivity index (χ2v) is 4.99. The topological polar surface area (TPSA) is 45.7 Å². The lowest BCUT2D eigenvalue weighted by atomic mass is 10.2. The van der Waals surface area contributed by atoms with Crippen molar-refractivity contribution < 1.29 is 17.9 Å². The van der Waals surface area contributed by atoms with Crippen molar-refractivity contribution in [1.82, 2.24) is 10.6 Å². The minimum Gasteiger partial charge on any atom is -0.484 e. The normalized spacial score (nSPS) is 11.6. The predicted octanol–water partition coefficient (Wildman–Crippen LogP) is 4.10. The summed E-state index contributed by atoms with van der Waals surface area (Å²) in [6.07, 6.45) is -2.26. The molecular formula is C16H25F3IN3O. The minimum atomic E-state index is -4.35. The van der Waals surface area contributed by atoms with Crippen molar-refractivity contribution in [3.8, 4) is 5.75 Å². The van der Waals surface area contributed by atoms with Crippen LogP contribution in [0, 0.1) is 0 Å². The molecule has 0 radical (unpaired) electrons. The molecule has 0 saturated carbocycles. The first-order valence-corrected chi connectivity index (χ1v) is 7.76. The minimum absolute atomic E-state index is 0. The number of unbranched alkanes of at least 4 members (excludes halogenated alkanes) is 1. The van der Waals surface area contributed by atoms with Crippen molar-refractivity contribution in [2.24, 2.45) is 4.99 Å². The number of hydrogen-bond acceptors (Lipinski definition) is 2. The smallest absolute Gasteiger partial charge is 0.422 e. The van der Waals surface area contributed by atoms with Gasteiger partial charge in [0.2, 0.25) is 0 Å². The highest BCUT2D eigenvalue weighted by Gasteiger charge is 2.28. The summed E-state index contributed by atoms with van der Waals surface area (Å²) in [6, 6.07) is 6.63. The molecule has 0 amide bonds. The number of nitrogens with zero attached hydrogens (tertiary/aromatic N) is 1. The van der Waals surface area contributed by atoms with Gasteiger partial charge >= 0.3 is 6.18 Å². The number of benzene rings is 1. The van der Waals surface area contributed by atoms with Gasteiger partial charge in [-0.3, -0.25) is 0 Å². The van der Waals surface area contributed by atoms with E-state index in [9.17, 15) is 13.2 Å². The zero-order valence-corrected chi connectivity index (χ0v) is 16.3. The Morgan fingerprint density at radius 2 is 1.88 bits per heavy atom. The number of halogens is 4. The van der Waals surface area contributed by atoms with Gasteiger partial charge in [0.1, 0.15) is 5.75 Å². The standard InChI is InChI=1S/C16H24F3N3O.HI/c1-3-5-10-21-15(20-4-2)22-11-13-8-6-7-9-14(13)23-12-16(17,18)19;/h6-9H,3-5,10-12H2,1-2H3,(H2,20,21,22);1H. The number of nitrogens with one attached hydrogen (secondary N) is 2. The summed E-state index contributed by atoms with van der Waals surface area (Å²) >= 11 is 0. The molecule has 0 unspecified atom stereocenters. The Morgan fingerprint density at radius 1 is 1.17 bits per heavy atom. The summed E-state index contributed by atoms with van der Waals surface area (Å²) in [4.78, 5) is 4.39. The van der Waals surface area contributed by atoms with Crippen LogP contribution in [-0.2, 0) is 6.54 Å². The summed E-state index contributed by atoms with van der Waals surface area (Å²) in [5.41, 5.74) is 0.615. The van der Waals surface area contributed by atoms with E-state index in [1.54, 1.807) is 18.2 Å². The van der Waals surface area contributed by atoms with E-state index in [1.165, 1.54) is 6.07 Å². The molecule has 24 heavy (non-hydrogen) atoms. The van der Waals surface area contributed by atoms with Crippen molar-refractivity contribution >= 4 is 29.9 Å². The van der Waals surface area contributed by atoms with Crippen LogP contribution in [0.4, 0.5) is 13.2 Å². The largest absolute Gasteiger partial charge is 0.484 e. The number of rotatable bonds is 8. The Morgan fingerprint density at radius 3 is 2.50 bits per heavy atom. The highest BCUT2D eigenvalue weighted by Crippen LogP contribution is 2.22. The third-order valence-electron chi connectivity index (χ3n) is 2.94. The lowest BCUT2D eigenvalue weighted by Gasteiger charge is -2.13. The fraction of sp³-hybridized carbons (Fsp3) is 0.562. The lowest BCUT2D eigenvalue weighted by molar-refractivity contribution is -0.153. The second-order valence-electron chi connectivity index (χ2n) is 4.99. The Labute approximate surface area is 158 Å². The lowest BCUT2D eigenvalue weighted by Crippen LogP contribution is -2.37. The summed E-state index contributed by atoms with van der Waals surface area (Å²) in [5.74, 6) is 0.851. The Bertz CT molecular complexity index is 496. The van der Waals surface area contributed by atoms with Crippen LogP contribution in [0.25, 0.3) is 0 Å².